The number of alkyl halides is 1. The van der Waals surface area contributed by atoms with Gasteiger partial charge in [-0.25, -0.2) is 0 Å². The van der Waals surface area contributed by atoms with E-state index in [1.807, 2.05) is 0 Å². The van der Waals surface area contributed by atoms with Crippen molar-refractivity contribution >= 4 is 15.9 Å². The Kier molecular flexibility index (Phi) is 4.90. The van der Waals surface area contributed by atoms with Crippen LogP contribution in [0.3, 0.4) is 0 Å². The maximum atomic E-state index is 3.76. The first-order valence-electron chi connectivity index (χ1n) is 6.52. The molecule has 0 amide bonds. The van der Waals surface area contributed by atoms with Gasteiger partial charge in [0.1, 0.15) is 0 Å². The molecule has 1 aromatic rings. The molecule has 0 N–H and O–H groups in total. The minimum atomic E-state index is 0.786. The molecule has 0 aliphatic heterocycles. The van der Waals surface area contributed by atoms with E-state index in [1.54, 1.807) is 0 Å². The zero-order chi connectivity index (χ0) is 11.2. The summed E-state index contributed by atoms with van der Waals surface area (Å²) in [7, 11) is 0. The van der Waals surface area contributed by atoms with Crippen molar-refractivity contribution in [3.05, 3.63) is 35.9 Å². The first-order valence-corrected chi connectivity index (χ1v) is 7.44. The zero-order valence-corrected chi connectivity index (χ0v) is 11.5. The highest BCUT2D eigenvalue weighted by Crippen LogP contribution is 2.29. The average molecular weight is 281 g/mol. The summed E-state index contributed by atoms with van der Waals surface area (Å²) >= 11 is 3.76. The van der Waals surface area contributed by atoms with Gasteiger partial charge in [-0.3, -0.25) is 0 Å². The van der Waals surface area contributed by atoms with Crippen molar-refractivity contribution in [1.29, 1.82) is 0 Å². The third-order valence-electron chi connectivity index (χ3n) is 3.70. The molecular formula is C15H21Br. The predicted octanol–water partition coefficient (Wildman–Crippen LogP) is 4.96. The Bertz CT molecular complexity index is 294. The number of halogens is 1. The number of benzene rings is 1. The molecule has 1 aliphatic rings. The molecule has 2 rings (SSSR count). The van der Waals surface area contributed by atoms with E-state index in [4.69, 9.17) is 0 Å². The molecular weight excluding hydrogens is 260 g/mol. The second-order valence-electron chi connectivity index (χ2n) is 5.00. The number of rotatable bonds is 3. The van der Waals surface area contributed by atoms with E-state index in [-0.39, 0.29) is 0 Å². The van der Waals surface area contributed by atoms with Crippen LogP contribution in [-0.4, -0.2) is 4.83 Å². The van der Waals surface area contributed by atoms with E-state index in [0.717, 1.165) is 10.7 Å². The molecule has 1 aromatic carbocycles. The minimum absolute atomic E-state index is 0.786. The van der Waals surface area contributed by atoms with E-state index >= 15 is 0 Å². The highest BCUT2D eigenvalue weighted by Gasteiger charge is 2.16. The smallest absolute Gasteiger partial charge is 0.0145 e. The van der Waals surface area contributed by atoms with Crippen LogP contribution in [0.1, 0.15) is 44.1 Å². The molecule has 1 saturated carbocycles. The number of hydrogen-bond donors (Lipinski definition) is 0. The molecule has 2 unspecified atom stereocenters. The van der Waals surface area contributed by atoms with Crippen molar-refractivity contribution in [3.63, 3.8) is 0 Å². The van der Waals surface area contributed by atoms with Gasteiger partial charge in [0.15, 0.2) is 0 Å². The highest BCUT2D eigenvalue weighted by atomic mass is 79.9. The summed E-state index contributed by atoms with van der Waals surface area (Å²) in [5.41, 5.74) is 1.50. The fraction of sp³-hybridized carbons (Fsp3) is 0.600. The second kappa shape index (κ2) is 6.44. The normalized spacial score (nSPS) is 26.3. The third kappa shape index (κ3) is 3.93. The molecule has 1 aliphatic carbocycles. The molecule has 88 valence electrons. The Labute approximate surface area is 108 Å². The fourth-order valence-electron chi connectivity index (χ4n) is 2.64. The van der Waals surface area contributed by atoms with Gasteiger partial charge in [-0.05, 0) is 43.6 Å². The van der Waals surface area contributed by atoms with Gasteiger partial charge < -0.3 is 0 Å². The van der Waals surface area contributed by atoms with Crippen molar-refractivity contribution in [2.24, 2.45) is 5.92 Å². The standard InChI is InChI=1S/C15H21Br/c16-15-8-4-7-14(11-12-15)10-9-13-5-2-1-3-6-13/h1-3,5-6,14-15H,4,7-12H2. The lowest BCUT2D eigenvalue weighted by Gasteiger charge is -2.13. The summed E-state index contributed by atoms with van der Waals surface area (Å²) in [5, 5.41) is 0. The third-order valence-corrected chi connectivity index (χ3v) is 4.62. The number of aryl methyl sites for hydroxylation is 1. The van der Waals surface area contributed by atoms with Crippen LogP contribution < -0.4 is 0 Å². The Morgan fingerprint density at radius 2 is 1.81 bits per heavy atom. The van der Waals surface area contributed by atoms with E-state index in [2.05, 4.69) is 46.3 Å². The molecule has 2 atom stereocenters. The lowest BCUT2D eigenvalue weighted by atomic mass is 9.93. The Balaban J connectivity index is 1.77. The summed E-state index contributed by atoms with van der Waals surface area (Å²) in [5.74, 6) is 0.961. The van der Waals surface area contributed by atoms with Gasteiger partial charge in [0.05, 0.1) is 0 Å². The Hall–Kier alpha value is -0.300. The molecule has 0 aromatic heterocycles. The van der Waals surface area contributed by atoms with Gasteiger partial charge >= 0.3 is 0 Å². The molecule has 0 bridgehead atoms. The largest absolute Gasteiger partial charge is 0.0891 e. The van der Waals surface area contributed by atoms with Crippen LogP contribution in [-0.2, 0) is 6.42 Å². The quantitative estimate of drug-likeness (QED) is 0.542. The van der Waals surface area contributed by atoms with Crippen LogP contribution in [0, 0.1) is 5.92 Å². The van der Waals surface area contributed by atoms with Crippen LogP contribution in [0.25, 0.3) is 0 Å². The Morgan fingerprint density at radius 3 is 2.62 bits per heavy atom. The first-order chi connectivity index (χ1) is 7.84. The fourth-order valence-corrected chi connectivity index (χ4v) is 3.23. The SMILES string of the molecule is BrC1CCCC(CCc2ccccc2)CC1. The molecule has 0 nitrogen and oxygen atoms in total. The molecule has 1 fully saturated rings. The van der Waals surface area contributed by atoms with Gasteiger partial charge in [0, 0.05) is 4.83 Å². The summed E-state index contributed by atoms with van der Waals surface area (Å²) < 4.78 is 0. The maximum Gasteiger partial charge on any atom is 0.0145 e. The van der Waals surface area contributed by atoms with Gasteiger partial charge in [-0.2, -0.15) is 0 Å². The molecule has 1 heteroatoms. The lowest BCUT2D eigenvalue weighted by molar-refractivity contribution is 0.429. The Morgan fingerprint density at radius 1 is 1.00 bits per heavy atom. The molecule has 0 heterocycles. The van der Waals surface area contributed by atoms with Crippen LogP contribution in [0.15, 0.2) is 30.3 Å². The second-order valence-corrected chi connectivity index (χ2v) is 6.29. The summed E-state index contributed by atoms with van der Waals surface area (Å²) in [6.07, 6.45) is 9.66. The molecule has 16 heavy (non-hydrogen) atoms. The molecule has 0 radical (unpaired) electrons. The van der Waals surface area contributed by atoms with Crippen molar-refractivity contribution in [2.45, 2.75) is 49.8 Å². The van der Waals surface area contributed by atoms with Gasteiger partial charge in [0.25, 0.3) is 0 Å². The lowest BCUT2D eigenvalue weighted by Crippen LogP contribution is -2.01. The summed E-state index contributed by atoms with van der Waals surface area (Å²) in [6.45, 7) is 0. The molecule has 0 spiro atoms. The highest BCUT2D eigenvalue weighted by molar-refractivity contribution is 9.09. The number of hydrogen-bond acceptors (Lipinski definition) is 0. The van der Waals surface area contributed by atoms with Crippen molar-refractivity contribution < 1.29 is 0 Å². The van der Waals surface area contributed by atoms with Crippen molar-refractivity contribution in [3.8, 4) is 0 Å². The van der Waals surface area contributed by atoms with Crippen LogP contribution in [0.4, 0.5) is 0 Å². The van der Waals surface area contributed by atoms with E-state index in [9.17, 15) is 0 Å². The topological polar surface area (TPSA) is 0 Å². The summed E-state index contributed by atoms with van der Waals surface area (Å²) in [4.78, 5) is 0.786. The average Bonchev–Trinajstić information content (AvgIpc) is 2.53. The van der Waals surface area contributed by atoms with Gasteiger partial charge in [0.2, 0.25) is 0 Å². The molecule has 0 saturated heterocycles. The van der Waals surface area contributed by atoms with Crippen molar-refractivity contribution in [1.82, 2.24) is 0 Å². The van der Waals surface area contributed by atoms with E-state index < -0.39 is 0 Å². The van der Waals surface area contributed by atoms with E-state index in [1.165, 1.54) is 50.5 Å². The van der Waals surface area contributed by atoms with Gasteiger partial charge in [-0.1, -0.05) is 59.1 Å². The summed E-state index contributed by atoms with van der Waals surface area (Å²) in [6, 6.07) is 10.9. The van der Waals surface area contributed by atoms with Crippen LogP contribution in [0.5, 0.6) is 0 Å². The van der Waals surface area contributed by atoms with Crippen LogP contribution >= 0.6 is 15.9 Å². The predicted molar refractivity (Wildman–Crippen MR) is 74.1 cm³/mol. The maximum absolute atomic E-state index is 3.76. The minimum Gasteiger partial charge on any atom is -0.0891 e. The first kappa shape index (κ1) is 12.2. The zero-order valence-electron chi connectivity index (χ0n) is 9.87. The van der Waals surface area contributed by atoms with Crippen LogP contribution in [0.2, 0.25) is 0 Å². The monoisotopic (exact) mass is 280 g/mol. The van der Waals surface area contributed by atoms with Gasteiger partial charge in [-0.15, -0.1) is 0 Å². The van der Waals surface area contributed by atoms with Crippen molar-refractivity contribution in [2.75, 3.05) is 0 Å². The van der Waals surface area contributed by atoms with E-state index in [0.29, 0.717) is 0 Å².